The van der Waals surface area contributed by atoms with Crippen LogP contribution >= 0.6 is 0 Å². The molecular formula is C11H25N5O2. The number of carbonyl (C=O) groups is 1. The molecule has 0 spiro atoms. The third-order valence-electron chi connectivity index (χ3n) is 1.95. The van der Waals surface area contributed by atoms with E-state index in [0.29, 0.717) is 19.1 Å². The quantitative estimate of drug-likeness (QED) is 0.173. The van der Waals surface area contributed by atoms with E-state index in [4.69, 9.17) is 10.6 Å². The van der Waals surface area contributed by atoms with Crippen molar-refractivity contribution in [1.82, 2.24) is 16.1 Å². The maximum absolute atomic E-state index is 11.8. The largest absolute Gasteiger partial charge is 0.383 e. The number of hydrazine groups is 1. The molecule has 18 heavy (non-hydrogen) atoms. The highest BCUT2D eigenvalue weighted by molar-refractivity contribution is 5.88. The molecule has 1 unspecified atom stereocenters. The smallest absolute Gasteiger partial charge is 0.242 e. The van der Waals surface area contributed by atoms with E-state index in [1.807, 2.05) is 20.8 Å². The van der Waals surface area contributed by atoms with E-state index in [1.54, 1.807) is 14.0 Å². The van der Waals surface area contributed by atoms with E-state index in [1.165, 1.54) is 0 Å². The molecule has 0 saturated carbocycles. The second kappa shape index (κ2) is 7.88. The standard InChI is InChI=1S/C11H25N5O2/c1-8(9(17)15-11(2,3)4)14-10(16-12)13-6-7-18-5/h8H,6-7,12H2,1-5H3,(H,15,17)(H2,13,14,16). The summed E-state index contributed by atoms with van der Waals surface area (Å²) in [5.41, 5.74) is 2.15. The molecule has 0 aliphatic heterocycles. The van der Waals surface area contributed by atoms with Crippen LogP contribution in [0.5, 0.6) is 0 Å². The summed E-state index contributed by atoms with van der Waals surface area (Å²) in [6.45, 7) is 8.47. The van der Waals surface area contributed by atoms with Gasteiger partial charge in [0.25, 0.3) is 0 Å². The molecule has 0 aromatic carbocycles. The van der Waals surface area contributed by atoms with Crippen molar-refractivity contribution in [2.45, 2.75) is 39.3 Å². The van der Waals surface area contributed by atoms with Gasteiger partial charge >= 0.3 is 0 Å². The van der Waals surface area contributed by atoms with Gasteiger partial charge in [0.05, 0.1) is 13.2 Å². The van der Waals surface area contributed by atoms with Gasteiger partial charge in [-0.2, -0.15) is 0 Å². The van der Waals surface area contributed by atoms with E-state index in [9.17, 15) is 4.79 Å². The average molecular weight is 259 g/mol. The Morgan fingerprint density at radius 2 is 2.06 bits per heavy atom. The summed E-state index contributed by atoms with van der Waals surface area (Å²) in [6.07, 6.45) is 0. The zero-order valence-electron chi connectivity index (χ0n) is 11.8. The zero-order chi connectivity index (χ0) is 14.2. The molecule has 7 heteroatoms. The van der Waals surface area contributed by atoms with Gasteiger partial charge in [-0.3, -0.25) is 10.2 Å². The van der Waals surface area contributed by atoms with Gasteiger partial charge in [-0.15, -0.1) is 0 Å². The highest BCUT2D eigenvalue weighted by atomic mass is 16.5. The number of rotatable bonds is 5. The first kappa shape index (κ1) is 16.7. The van der Waals surface area contributed by atoms with Crippen molar-refractivity contribution in [2.75, 3.05) is 20.3 Å². The van der Waals surface area contributed by atoms with Crippen LogP contribution < -0.4 is 21.9 Å². The summed E-state index contributed by atoms with van der Waals surface area (Å²) in [6, 6.07) is -0.429. The average Bonchev–Trinajstić information content (AvgIpc) is 2.25. The molecule has 106 valence electrons. The van der Waals surface area contributed by atoms with E-state index in [2.05, 4.69) is 21.1 Å². The number of nitrogens with one attached hydrogen (secondary N) is 3. The van der Waals surface area contributed by atoms with Crippen LogP contribution in [0.15, 0.2) is 4.99 Å². The maximum Gasteiger partial charge on any atom is 0.242 e. The minimum absolute atomic E-state index is 0.114. The number of carbonyl (C=O) groups excluding carboxylic acids is 1. The van der Waals surface area contributed by atoms with Crippen LogP contribution in [0.4, 0.5) is 0 Å². The molecule has 0 bridgehead atoms. The number of hydrogen-bond donors (Lipinski definition) is 4. The monoisotopic (exact) mass is 259 g/mol. The first-order valence-electron chi connectivity index (χ1n) is 5.88. The molecule has 0 saturated heterocycles. The van der Waals surface area contributed by atoms with Crippen molar-refractivity contribution in [3.63, 3.8) is 0 Å². The Kier molecular flexibility index (Phi) is 7.30. The Bertz CT molecular complexity index is 286. The highest BCUT2D eigenvalue weighted by Crippen LogP contribution is 1.99. The van der Waals surface area contributed by atoms with E-state index >= 15 is 0 Å². The van der Waals surface area contributed by atoms with Crippen molar-refractivity contribution in [3.8, 4) is 0 Å². The van der Waals surface area contributed by atoms with Gasteiger partial charge in [0.2, 0.25) is 11.9 Å². The molecule has 1 amide bonds. The van der Waals surface area contributed by atoms with Gasteiger partial charge in [0.15, 0.2) is 0 Å². The lowest BCUT2D eigenvalue weighted by atomic mass is 10.1. The summed E-state index contributed by atoms with van der Waals surface area (Å²) >= 11 is 0. The second-order valence-corrected chi connectivity index (χ2v) is 4.97. The summed E-state index contributed by atoms with van der Waals surface area (Å²) in [4.78, 5) is 15.9. The Morgan fingerprint density at radius 1 is 1.44 bits per heavy atom. The van der Waals surface area contributed by atoms with E-state index in [-0.39, 0.29) is 11.4 Å². The van der Waals surface area contributed by atoms with E-state index in [0.717, 1.165) is 0 Å². The lowest BCUT2D eigenvalue weighted by molar-refractivity contribution is -0.123. The summed E-state index contributed by atoms with van der Waals surface area (Å²) in [5, 5.41) is 5.76. The predicted molar refractivity (Wildman–Crippen MR) is 72.0 cm³/mol. The van der Waals surface area contributed by atoms with Gasteiger partial charge in [0.1, 0.15) is 6.04 Å². The Balaban J connectivity index is 4.29. The fraction of sp³-hybridized carbons (Fsp3) is 0.818. The number of ether oxygens (including phenoxy) is 1. The topological polar surface area (TPSA) is 101 Å². The molecule has 0 radical (unpaired) electrons. The van der Waals surface area contributed by atoms with Crippen molar-refractivity contribution < 1.29 is 9.53 Å². The molecule has 0 heterocycles. The maximum atomic E-state index is 11.8. The minimum Gasteiger partial charge on any atom is -0.383 e. The Morgan fingerprint density at radius 3 is 2.50 bits per heavy atom. The molecule has 0 fully saturated rings. The van der Waals surface area contributed by atoms with Gasteiger partial charge in [-0.05, 0) is 27.7 Å². The number of nitrogens with zero attached hydrogens (tertiary/aromatic N) is 1. The van der Waals surface area contributed by atoms with Crippen LogP contribution in [0.2, 0.25) is 0 Å². The van der Waals surface area contributed by atoms with Gasteiger partial charge in [-0.1, -0.05) is 0 Å². The molecule has 0 rings (SSSR count). The lowest BCUT2D eigenvalue weighted by Gasteiger charge is -2.24. The van der Waals surface area contributed by atoms with Crippen molar-refractivity contribution >= 4 is 11.9 Å². The predicted octanol–water partition coefficient (Wildman–Crippen LogP) is -0.655. The van der Waals surface area contributed by atoms with Gasteiger partial charge < -0.3 is 15.4 Å². The fourth-order valence-corrected chi connectivity index (χ4v) is 1.13. The molecule has 0 aromatic heterocycles. The summed E-state index contributed by atoms with van der Waals surface area (Å²) < 4.78 is 4.87. The van der Waals surface area contributed by atoms with Crippen LogP contribution in [-0.4, -0.2) is 43.7 Å². The summed E-state index contributed by atoms with van der Waals surface area (Å²) in [5.74, 6) is 5.57. The van der Waals surface area contributed by atoms with Gasteiger partial charge in [-0.25, -0.2) is 10.8 Å². The van der Waals surface area contributed by atoms with Crippen molar-refractivity contribution in [1.29, 1.82) is 0 Å². The molecule has 0 aliphatic carbocycles. The Labute approximate surface area is 109 Å². The minimum atomic E-state index is -0.429. The van der Waals surface area contributed by atoms with Crippen LogP contribution in [-0.2, 0) is 9.53 Å². The number of nitrogens with two attached hydrogens (primary N) is 1. The first-order valence-corrected chi connectivity index (χ1v) is 5.88. The molecule has 5 N–H and O–H groups in total. The highest BCUT2D eigenvalue weighted by Gasteiger charge is 2.19. The van der Waals surface area contributed by atoms with Gasteiger partial charge in [0, 0.05) is 12.6 Å². The number of hydrogen-bond acceptors (Lipinski definition) is 4. The fourth-order valence-electron chi connectivity index (χ4n) is 1.13. The van der Waals surface area contributed by atoms with E-state index < -0.39 is 6.04 Å². The third kappa shape index (κ3) is 7.86. The number of aliphatic imine (C=N–C) groups is 1. The van der Waals surface area contributed by atoms with Crippen LogP contribution in [0.3, 0.4) is 0 Å². The summed E-state index contributed by atoms with van der Waals surface area (Å²) in [7, 11) is 1.60. The molecular weight excluding hydrogens is 234 g/mol. The third-order valence-corrected chi connectivity index (χ3v) is 1.95. The normalized spacial score (nSPS) is 14.0. The molecule has 7 nitrogen and oxygen atoms in total. The lowest BCUT2D eigenvalue weighted by Crippen LogP contribution is -2.54. The van der Waals surface area contributed by atoms with Crippen molar-refractivity contribution in [2.24, 2.45) is 10.8 Å². The van der Waals surface area contributed by atoms with Crippen LogP contribution in [0, 0.1) is 0 Å². The molecule has 0 aliphatic rings. The molecule has 0 aromatic rings. The number of methoxy groups -OCH3 is 1. The van der Waals surface area contributed by atoms with Crippen LogP contribution in [0.1, 0.15) is 27.7 Å². The molecule has 1 atom stereocenters. The SMILES string of the molecule is COCCN=C(NN)NC(C)C(=O)NC(C)(C)C. The van der Waals surface area contributed by atoms with Crippen LogP contribution in [0.25, 0.3) is 0 Å². The van der Waals surface area contributed by atoms with Crippen molar-refractivity contribution in [3.05, 3.63) is 0 Å². The number of guanidine groups is 1. The zero-order valence-corrected chi connectivity index (χ0v) is 11.8. The Hall–Kier alpha value is -1.34. The number of amides is 1. The first-order chi connectivity index (χ1) is 8.30. The second-order valence-electron chi connectivity index (χ2n) is 4.97.